The SMILES string of the molecule is Cc1cn([C@H]2C[C@H](O)[C@@H](CO)O2)c(N)nc1=O. The van der Waals surface area contributed by atoms with Crippen LogP contribution in [0.25, 0.3) is 0 Å². The van der Waals surface area contributed by atoms with Crippen molar-refractivity contribution >= 4 is 5.95 Å². The van der Waals surface area contributed by atoms with Crippen LogP contribution in [0.1, 0.15) is 18.2 Å². The molecular weight excluding hydrogens is 226 g/mol. The second-order valence-corrected chi connectivity index (χ2v) is 4.11. The summed E-state index contributed by atoms with van der Waals surface area (Å²) in [4.78, 5) is 14.9. The van der Waals surface area contributed by atoms with Gasteiger partial charge in [0.1, 0.15) is 12.3 Å². The molecule has 0 radical (unpaired) electrons. The Labute approximate surface area is 97.5 Å². The molecule has 1 aromatic rings. The number of aliphatic hydroxyl groups excluding tert-OH is 2. The molecule has 1 aliphatic rings. The van der Waals surface area contributed by atoms with Gasteiger partial charge in [-0.15, -0.1) is 0 Å². The molecule has 0 bridgehead atoms. The number of hydrogen-bond acceptors (Lipinski definition) is 6. The van der Waals surface area contributed by atoms with E-state index in [0.717, 1.165) is 0 Å². The van der Waals surface area contributed by atoms with Gasteiger partial charge in [-0.05, 0) is 6.92 Å². The Balaban J connectivity index is 2.30. The standard InChI is InChI=1S/C10H15N3O4/c1-5-3-13(10(11)12-9(5)16)8-2-6(15)7(4-14)17-8/h3,6-8,14-15H,2,4H2,1H3,(H2,11,12,16)/t6-,7+,8+/m0/s1. The van der Waals surface area contributed by atoms with Crippen LogP contribution in [0.5, 0.6) is 0 Å². The number of hydrogen-bond donors (Lipinski definition) is 3. The van der Waals surface area contributed by atoms with Crippen molar-refractivity contribution in [2.75, 3.05) is 12.3 Å². The Morgan fingerprint density at radius 2 is 2.41 bits per heavy atom. The number of ether oxygens (including phenoxy) is 1. The first-order valence-electron chi connectivity index (χ1n) is 5.32. The predicted molar refractivity (Wildman–Crippen MR) is 59.3 cm³/mol. The highest BCUT2D eigenvalue weighted by atomic mass is 16.5. The lowest BCUT2D eigenvalue weighted by Gasteiger charge is -2.17. The van der Waals surface area contributed by atoms with E-state index in [9.17, 15) is 9.90 Å². The van der Waals surface area contributed by atoms with Crippen LogP contribution in [0.2, 0.25) is 0 Å². The van der Waals surface area contributed by atoms with Crippen LogP contribution in [-0.2, 0) is 4.74 Å². The first-order valence-corrected chi connectivity index (χ1v) is 5.32. The fourth-order valence-corrected chi connectivity index (χ4v) is 1.86. The van der Waals surface area contributed by atoms with E-state index in [4.69, 9.17) is 15.6 Å². The summed E-state index contributed by atoms with van der Waals surface area (Å²) >= 11 is 0. The molecule has 0 spiro atoms. The van der Waals surface area contributed by atoms with Gasteiger partial charge in [0.05, 0.1) is 12.7 Å². The molecule has 7 heteroatoms. The van der Waals surface area contributed by atoms with Crippen molar-refractivity contribution in [1.82, 2.24) is 9.55 Å². The molecule has 7 nitrogen and oxygen atoms in total. The molecule has 1 fully saturated rings. The third kappa shape index (κ3) is 2.17. The minimum absolute atomic E-state index is 0.0383. The summed E-state index contributed by atoms with van der Waals surface area (Å²) in [6.45, 7) is 1.37. The molecular formula is C10H15N3O4. The molecule has 2 rings (SSSR count). The lowest BCUT2D eigenvalue weighted by Crippen LogP contribution is -2.25. The lowest BCUT2D eigenvalue weighted by molar-refractivity contribution is -0.0440. The third-order valence-electron chi connectivity index (χ3n) is 2.85. The number of anilines is 1. The zero-order valence-corrected chi connectivity index (χ0v) is 9.41. The van der Waals surface area contributed by atoms with E-state index in [1.165, 1.54) is 4.57 Å². The Morgan fingerprint density at radius 3 is 3.00 bits per heavy atom. The lowest BCUT2D eigenvalue weighted by atomic mass is 10.2. The maximum atomic E-state index is 11.3. The average Bonchev–Trinajstić information content (AvgIpc) is 2.65. The highest BCUT2D eigenvalue weighted by molar-refractivity contribution is 5.21. The topological polar surface area (TPSA) is 111 Å². The van der Waals surface area contributed by atoms with Crippen LogP contribution in [-0.4, -0.2) is 38.6 Å². The summed E-state index contributed by atoms with van der Waals surface area (Å²) in [6, 6.07) is 0. The van der Waals surface area contributed by atoms with Crippen LogP contribution in [0.3, 0.4) is 0 Å². The van der Waals surface area contributed by atoms with E-state index in [2.05, 4.69) is 4.98 Å². The number of rotatable bonds is 2. The second-order valence-electron chi connectivity index (χ2n) is 4.11. The smallest absolute Gasteiger partial charge is 0.277 e. The van der Waals surface area contributed by atoms with Crippen molar-refractivity contribution in [3.8, 4) is 0 Å². The first-order chi connectivity index (χ1) is 8.02. The molecule has 1 aromatic heterocycles. The minimum atomic E-state index is -0.746. The van der Waals surface area contributed by atoms with Gasteiger partial charge < -0.3 is 20.7 Å². The molecule has 0 aromatic carbocycles. The quantitative estimate of drug-likeness (QED) is 0.598. The van der Waals surface area contributed by atoms with Crippen molar-refractivity contribution in [2.24, 2.45) is 0 Å². The summed E-state index contributed by atoms with van der Waals surface area (Å²) in [7, 11) is 0. The summed E-state index contributed by atoms with van der Waals surface area (Å²) < 4.78 is 6.92. The molecule has 0 amide bonds. The zero-order chi connectivity index (χ0) is 12.6. The van der Waals surface area contributed by atoms with Gasteiger partial charge in [0.15, 0.2) is 0 Å². The molecule has 2 heterocycles. The Morgan fingerprint density at radius 1 is 1.71 bits per heavy atom. The number of nitrogens with zero attached hydrogens (tertiary/aromatic N) is 2. The van der Waals surface area contributed by atoms with Crippen LogP contribution in [0.4, 0.5) is 5.95 Å². The first kappa shape index (κ1) is 12.0. The van der Waals surface area contributed by atoms with Gasteiger partial charge >= 0.3 is 0 Å². The van der Waals surface area contributed by atoms with E-state index < -0.39 is 18.4 Å². The molecule has 0 saturated carbocycles. The van der Waals surface area contributed by atoms with Crippen LogP contribution in [0, 0.1) is 6.92 Å². The molecule has 1 saturated heterocycles. The summed E-state index contributed by atoms with van der Waals surface area (Å²) in [5.41, 5.74) is 5.70. The largest absolute Gasteiger partial charge is 0.394 e. The van der Waals surface area contributed by atoms with Crippen molar-refractivity contribution in [3.63, 3.8) is 0 Å². The van der Waals surface area contributed by atoms with Crippen LogP contribution in [0.15, 0.2) is 11.0 Å². The predicted octanol–water partition coefficient (Wildman–Crippen LogP) is -1.23. The molecule has 0 aliphatic carbocycles. The molecule has 1 aliphatic heterocycles. The average molecular weight is 241 g/mol. The van der Waals surface area contributed by atoms with E-state index >= 15 is 0 Å². The summed E-state index contributed by atoms with van der Waals surface area (Å²) in [6.07, 6.45) is -0.0291. The zero-order valence-electron chi connectivity index (χ0n) is 9.41. The van der Waals surface area contributed by atoms with Gasteiger partial charge in [-0.2, -0.15) is 4.98 Å². The van der Waals surface area contributed by atoms with Crippen LogP contribution < -0.4 is 11.3 Å². The Kier molecular flexibility index (Phi) is 3.14. The highest BCUT2D eigenvalue weighted by Crippen LogP contribution is 2.29. The van der Waals surface area contributed by atoms with E-state index in [0.29, 0.717) is 12.0 Å². The third-order valence-corrected chi connectivity index (χ3v) is 2.85. The van der Waals surface area contributed by atoms with E-state index in [-0.39, 0.29) is 18.1 Å². The van der Waals surface area contributed by atoms with Gasteiger partial charge in [0.2, 0.25) is 5.95 Å². The van der Waals surface area contributed by atoms with Gasteiger partial charge in [0, 0.05) is 18.2 Å². The second kappa shape index (κ2) is 4.44. The molecule has 3 atom stereocenters. The molecule has 94 valence electrons. The van der Waals surface area contributed by atoms with Gasteiger partial charge in [-0.3, -0.25) is 9.36 Å². The minimum Gasteiger partial charge on any atom is -0.394 e. The van der Waals surface area contributed by atoms with Gasteiger partial charge in [-0.25, -0.2) is 0 Å². The van der Waals surface area contributed by atoms with Crippen molar-refractivity contribution < 1.29 is 14.9 Å². The Bertz CT molecular complexity index is 473. The van der Waals surface area contributed by atoms with Crippen molar-refractivity contribution in [2.45, 2.75) is 31.8 Å². The van der Waals surface area contributed by atoms with Gasteiger partial charge in [-0.1, -0.05) is 0 Å². The molecule has 17 heavy (non-hydrogen) atoms. The number of aliphatic hydroxyl groups is 2. The molecule has 4 N–H and O–H groups in total. The number of aromatic nitrogens is 2. The van der Waals surface area contributed by atoms with Crippen molar-refractivity contribution in [1.29, 1.82) is 0 Å². The summed E-state index contributed by atoms with van der Waals surface area (Å²) in [5, 5.41) is 18.6. The van der Waals surface area contributed by atoms with Gasteiger partial charge in [0.25, 0.3) is 5.56 Å². The number of nitrogens with two attached hydrogens (primary N) is 1. The normalized spacial score (nSPS) is 28.5. The maximum Gasteiger partial charge on any atom is 0.277 e. The van der Waals surface area contributed by atoms with Crippen molar-refractivity contribution in [3.05, 3.63) is 22.1 Å². The maximum absolute atomic E-state index is 11.3. The number of aryl methyl sites for hydroxylation is 1. The van der Waals surface area contributed by atoms with E-state index in [1.54, 1.807) is 13.1 Å². The monoisotopic (exact) mass is 241 g/mol. The Hall–Kier alpha value is -1.44. The van der Waals surface area contributed by atoms with E-state index in [1.807, 2.05) is 0 Å². The van der Waals surface area contributed by atoms with Crippen LogP contribution >= 0.6 is 0 Å². The fourth-order valence-electron chi connectivity index (χ4n) is 1.86. The highest BCUT2D eigenvalue weighted by Gasteiger charge is 2.34. The fraction of sp³-hybridized carbons (Fsp3) is 0.600. The summed E-state index contributed by atoms with van der Waals surface area (Å²) in [5.74, 6) is 0.0383. The molecule has 0 unspecified atom stereocenters. The number of nitrogen functional groups attached to an aromatic ring is 1.